The van der Waals surface area contributed by atoms with Crippen molar-refractivity contribution in [2.75, 3.05) is 6.54 Å². The van der Waals surface area contributed by atoms with Gasteiger partial charge in [-0.2, -0.15) is 0 Å². The van der Waals surface area contributed by atoms with Gasteiger partial charge in [-0.1, -0.05) is 19.8 Å². The van der Waals surface area contributed by atoms with Crippen LogP contribution in [0.2, 0.25) is 0 Å². The van der Waals surface area contributed by atoms with Crippen LogP contribution in [0.5, 0.6) is 0 Å². The zero-order chi connectivity index (χ0) is 11.6. The standard InChI is InChI=1S/C13H20BrNS/c1-10(11-5-6-12(14)16-11)15-9-13(2)7-3-4-8-13/h5-6,10,15H,3-4,7-9H2,1-2H3. The third-order valence-electron chi connectivity index (χ3n) is 3.67. The lowest BCUT2D eigenvalue weighted by molar-refractivity contribution is 0.302. The summed E-state index contributed by atoms with van der Waals surface area (Å²) in [7, 11) is 0. The third-order valence-corrected chi connectivity index (χ3v) is 5.47. The van der Waals surface area contributed by atoms with E-state index in [4.69, 9.17) is 0 Å². The van der Waals surface area contributed by atoms with Gasteiger partial charge in [-0.25, -0.2) is 0 Å². The summed E-state index contributed by atoms with van der Waals surface area (Å²) in [5.74, 6) is 0. The molecule has 0 saturated heterocycles. The number of hydrogen-bond donors (Lipinski definition) is 1. The molecule has 1 nitrogen and oxygen atoms in total. The minimum absolute atomic E-state index is 0.480. The van der Waals surface area contributed by atoms with Crippen LogP contribution in [0.25, 0.3) is 0 Å². The molecule has 1 heterocycles. The summed E-state index contributed by atoms with van der Waals surface area (Å²) < 4.78 is 1.23. The molecular weight excluding hydrogens is 282 g/mol. The fourth-order valence-electron chi connectivity index (χ4n) is 2.47. The first-order valence-corrected chi connectivity index (χ1v) is 7.69. The van der Waals surface area contributed by atoms with E-state index < -0.39 is 0 Å². The Bertz CT molecular complexity index is 341. The van der Waals surface area contributed by atoms with Crippen molar-refractivity contribution >= 4 is 27.3 Å². The van der Waals surface area contributed by atoms with Crippen molar-refractivity contribution in [3.05, 3.63) is 20.8 Å². The van der Waals surface area contributed by atoms with Crippen molar-refractivity contribution < 1.29 is 0 Å². The molecule has 16 heavy (non-hydrogen) atoms. The van der Waals surface area contributed by atoms with E-state index >= 15 is 0 Å². The minimum atomic E-state index is 0.480. The number of nitrogens with one attached hydrogen (secondary N) is 1. The highest BCUT2D eigenvalue weighted by molar-refractivity contribution is 9.11. The molecule has 0 aliphatic heterocycles. The smallest absolute Gasteiger partial charge is 0.0701 e. The molecule has 2 rings (SSSR count). The maximum Gasteiger partial charge on any atom is 0.0701 e. The first-order chi connectivity index (χ1) is 7.59. The highest BCUT2D eigenvalue weighted by Gasteiger charge is 2.28. The molecule has 1 aromatic rings. The van der Waals surface area contributed by atoms with Crippen LogP contribution in [0.15, 0.2) is 15.9 Å². The highest BCUT2D eigenvalue weighted by Crippen LogP contribution is 2.37. The van der Waals surface area contributed by atoms with E-state index in [2.05, 4.69) is 47.2 Å². The first-order valence-electron chi connectivity index (χ1n) is 6.08. The van der Waals surface area contributed by atoms with Gasteiger partial charge in [0.25, 0.3) is 0 Å². The highest BCUT2D eigenvalue weighted by atomic mass is 79.9. The number of rotatable bonds is 4. The Morgan fingerprint density at radius 2 is 2.12 bits per heavy atom. The molecule has 3 heteroatoms. The Morgan fingerprint density at radius 1 is 1.44 bits per heavy atom. The largest absolute Gasteiger partial charge is 0.309 e. The normalized spacial score (nSPS) is 21.2. The van der Waals surface area contributed by atoms with E-state index in [1.54, 1.807) is 0 Å². The summed E-state index contributed by atoms with van der Waals surface area (Å²) in [6.45, 7) is 5.84. The fraction of sp³-hybridized carbons (Fsp3) is 0.692. The molecule has 90 valence electrons. The van der Waals surface area contributed by atoms with Gasteiger partial charge in [-0.3, -0.25) is 0 Å². The van der Waals surface area contributed by atoms with Gasteiger partial charge >= 0.3 is 0 Å². The van der Waals surface area contributed by atoms with Gasteiger partial charge < -0.3 is 5.32 Å². The van der Waals surface area contributed by atoms with Crippen molar-refractivity contribution in [2.24, 2.45) is 5.41 Å². The molecule has 1 N–H and O–H groups in total. The summed E-state index contributed by atoms with van der Waals surface area (Å²) in [5.41, 5.74) is 0.544. The Balaban J connectivity index is 1.86. The Kier molecular flexibility index (Phi) is 4.09. The lowest BCUT2D eigenvalue weighted by Crippen LogP contribution is -2.31. The van der Waals surface area contributed by atoms with Gasteiger partial charge in [0.2, 0.25) is 0 Å². The van der Waals surface area contributed by atoms with Gasteiger partial charge in [-0.05, 0) is 53.2 Å². The summed E-state index contributed by atoms with van der Waals surface area (Å²) in [6.07, 6.45) is 5.61. The first kappa shape index (κ1) is 12.6. The van der Waals surface area contributed by atoms with Crippen LogP contribution >= 0.6 is 27.3 Å². The second-order valence-corrected chi connectivity index (χ2v) is 7.76. The van der Waals surface area contributed by atoms with E-state index in [1.807, 2.05) is 11.3 Å². The van der Waals surface area contributed by atoms with Crippen molar-refractivity contribution in [1.29, 1.82) is 0 Å². The van der Waals surface area contributed by atoms with E-state index in [0.717, 1.165) is 6.54 Å². The summed E-state index contributed by atoms with van der Waals surface area (Å²) in [4.78, 5) is 1.42. The minimum Gasteiger partial charge on any atom is -0.309 e. The van der Waals surface area contributed by atoms with Crippen LogP contribution in [-0.2, 0) is 0 Å². The van der Waals surface area contributed by atoms with Crippen LogP contribution in [0, 0.1) is 5.41 Å². The van der Waals surface area contributed by atoms with Crippen LogP contribution in [-0.4, -0.2) is 6.54 Å². The topological polar surface area (TPSA) is 12.0 Å². The van der Waals surface area contributed by atoms with Crippen molar-refractivity contribution in [3.8, 4) is 0 Å². The molecule has 1 aromatic heterocycles. The number of thiophene rings is 1. The van der Waals surface area contributed by atoms with E-state index in [0.29, 0.717) is 11.5 Å². The Labute approximate surface area is 111 Å². The van der Waals surface area contributed by atoms with Crippen LogP contribution in [0.1, 0.15) is 50.4 Å². The van der Waals surface area contributed by atoms with Crippen LogP contribution in [0.3, 0.4) is 0 Å². The molecule has 0 aromatic carbocycles. The summed E-state index contributed by atoms with van der Waals surface area (Å²) in [5, 5.41) is 3.68. The van der Waals surface area contributed by atoms with Crippen LogP contribution in [0.4, 0.5) is 0 Å². The van der Waals surface area contributed by atoms with Gasteiger partial charge in [0.15, 0.2) is 0 Å². The maximum atomic E-state index is 3.68. The van der Waals surface area contributed by atoms with E-state index in [-0.39, 0.29) is 0 Å². The van der Waals surface area contributed by atoms with Crippen LogP contribution < -0.4 is 5.32 Å². The molecule has 0 radical (unpaired) electrons. The van der Waals surface area contributed by atoms with Crippen molar-refractivity contribution in [1.82, 2.24) is 5.32 Å². The molecule has 1 aliphatic carbocycles. The molecular formula is C13H20BrNS. The summed E-state index contributed by atoms with van der Waals surface area (Å²) >= 11 is 5.35. The predicted octanol–water partition coefficient (Wildman–Crippen LogP) is 4.74. The molecule has 1 atom stereocenters. The maximum absolute atomic E-state index is 3.68. The zero-order valence-electron chi connectivity index (χ0n) is 10.1. The lowest BCUT2D eigenvalue weighted by atomic mass is 9.88. The zero-order valence-corrected chi connectivity index (χ0v) is 12.5. The molecule has 1 saturated carbocycles. The molecule has 0 spiro atoms. The SMILES string of the molecule is CC(NCC1(C)CCCC1)c1ccc(Br)s1. The second-order valence-electron chi connectivity index (χ2n) is 5.26. The fourth-order valence-corrected chi connectivity index (χ4v) is 3.92. The third kappa shape index (κ3) is 3.08. The monoisotopic (exact) mass is 301 g/mol. The van der Waals surface area contributed by atoms with Crippen molar-refractivity contribution in [2.45, 2.75) is 45.6 Å². The molecule has 1 fully saturated rings. The molecule has 1 aliphatic rings. The Morgan fingerprint density at radius 3 is 2.69 bits per heavy atom. The predicted molar refractivity (Wildman–Crippen MR) is 75.0 cm³/mol. The second kappa shape index (κ2) is 5.19. The quantitative estimate of drug-likeness (QED) is 0.847. The molecule has 1 unspecified atom stereocenters. The van der Waals surface area contributed by atoms with Gasteiger partial charge in [-0.15, -0.1) is 11.3 Å². The molecule has 0 amide bonds. The van der Waals surface area contributed by atoms with E-state index in [9.17, 15) is 0 Å². The average Bonchev–Trinajstić information content (AvgIpc) is 2.85. The number of hydrogen-bond acceptors (Lipinski definition) is 2. The summed E-state index contributed by atoms with van der Waals surface area (Å²) in [6, 6.07) is 4.83. The average molecular weight is 302 g/mol. The van der Waals surface area contributed by atoms with Gasteiger partial charge in [0.05, 0.1) is 3.79 Å². The lowest BCUT2D eigenvalue weighted by Gasteiger charge is -2.26. The van der Waals surface area contributed by atoms with E-state index in [1.165, 1.54) is 34.3 Å². The molecule has 0 bridgehead atoms. The van der Waals surface area contributed by atoms with Crippen molar-refractivity contribution in [3.63, 3.8) is 0 Å². The van der Waals surface area contributed by atoms with Gasteiger partial charge in [0, 0.05) is 17.5 Å². The number of halogens is 1. The van der Waals surface area contributed by atoms with Gasteiger partial charge in [0.1, 0.15) is 0 Å². The Hall–Kier alpha value is 0.140.